The molecule has 3 rings (SSSR count). The number of H-pyrrole nitrogens is 1. The van der Waals surface area contributed by atoms with E-state index in [0.29, 0.717) is 27.7 Å². The fourth-order valence-corrected chi connectivity index (χ4v) is 2.52. The number of carboxylic acids is 1. The van der Waals surface area contributed by atoms with Gasteiger partial charge >= 0.3 is 5.97 Å². The average molecular weight is 384 g/mol. The van der Waals surface area contributed by atoms with Crippen LogP contribution in [0.15, 0.2) is 53.5 Å². The van der Waals surface area contributed by atoms with Crippen LogP contribution in [0.5, 0.6) is 0 Å². The van der Waals surface area contributed by atoms with Gasteiger partial charge < -0.3 is 15.4 Å². The minimum Gasteiger partial charge on any atom is -0.478 e. The number of aromatic nitrogens is 2. The molecule has 0 aliphatic rings. The molecule has 27 heavy (non-hydrogen) atoms. The van der Waals surface area contributed by atoms with Gasteiger partial charge in [0.2, 0.25) is 0 Å². The number of nitrogens with zero attached hydrogens (tertiary/aromatic N) is 1. The van der Waals surface area contributed by atoms with E-state index in [1.54, 1.807) is 37.3 Å². The van der Waals surface area contributed by atoms with E-state index in [1.165, 1.54) is 18.3 Å². The summed E-state index contributed by atoms with van der Waals surface area (Å²) in [5.74, 6) is -1.49. The van der Waals surface area contributed by atoms with E-state index in [2.05, 4.69) is 15.3 Å². The van der Waals surface area contributed by atoms with Gasteiger partial charge in [0.25, 0.3) is 11.5 Å². The molecule has 0 fully saturated rings. The highest BCUT2D eigenvalue weighted by Crippen LogP contribution is 2.19. The number of aryl methyl sites for hydroxylation is 1. The molecule has 0 aliphatic carbocycles. The van der Waals surface area contributed by atoms with E-state index >= 15 is 0 Å². The van der Waals surface area contributed by atoms with Gasteiger partial charge in [0, 0.05) is 22.5 Å². The van der Waals surface area contributed by atoms with Gasteiger partial charge in [-0.25, -0.2) is 9.78 Å². The van der Waals surface area contributed by atoms with Crippen LogP contribution in [0.2, 0.25) is 5.02 Å². The molecule has 0 saturated carbocycles. The van der Waals surface area contributed by atoms with Crippen LogP contribution >= 0.6 is 11.6 Å². The zero-order valence-corrected chi connectivity index (χ0v) is 14.9. The van der Waals surface area contributed by atoms with Crippen molar-refractivity contribution in [2.24, 2.45) is 0 Å². The van der Waals surface area contributed by atoms with Crippen LogP contribution in [-0.2, 0) is 0 Å². The topological polar surface area (TPSA) is 112 Å². The normalized spacial score (nSPS) is 10.4. The predicted octanol–water partition coefficient (Wildman–Crippen LogP) is 3.35. The van der Waals surface area contributed by atoms with E-state index in [-0.39, 0.29) is 11.1 Å². The molecular formula is C19H14ClN3O4. The van der Waals surface area contributed by atoms with Gasteiger partial charge in [-0.1, -0.05) is 17.7 Å². The monoisotopic (exact) mass is 383 g/mol. The maximum absolute atomic E-state index is 12.4. The summed E-state index contributed by atoms with van der Waals surface area (Å²) in [5.41, 5.74) is 0.846. The Hall–Kier alpha value is -3.45. The smallest absolute Gasteiger partial charge is 0.335 e. The first kappa shape index (κ1) is 18.3. The molecule has 3 aromatic rings. The van der Waals surface area contributed by atoms with Crippen LogP contribution < -0.4 is 10.9 Å². The number of halogens is 1. The Morgan fingerprint density at radius 3 is 2.48 bits per heavy atom. The number of amides is 1. The molecule has 0 spiro atoms. The summed E-state index contributed by atoms with van der Waals surface area (Å²) in [6, 6.07) is 11.1. The van der Waals surface area contributed by atoms with Crippen molar-refractivity contribution in [3.05, 3.63) is 80.7 Å². The van der Waals surface area contributed by atoms with Crippen molar-refractivity contribution in [1.29, 1.82) is 0 Å². The maximum Gasteiger partial charge on any atom is 0.335 e. The van der Waals surface area contributed by atoms with Gasteiger partial charge in [-0.2, -0.15) is 0 Å². The number of benzene rings is 2. The summed E-state index contributed by atoms with van der Waals surface area (Å²) in [7, 11) is 0. The van der Waals surface area contributed by atoms with Crippen molar-refractivity contribution in [1.82, 2.24) is 9.97 Å². The molecule has 0 aliphatic heterocycles. The Morgan fingerprint density at radius 2 is 1.85 bits per heavy atom. The van der Waals surface area contributed by atoms with Crippen molar-refractivity contribution in [2.75, 3.05) is 5.32 Å². The molecule has 0 atom stereocenters. The quantitative estimate of drug-likeness (QED) is 0.639. The summed E-state index contributed by atoms with van der Waals surface area (Å²) in [4.78, 5) is 42.5. The number of carbonyl (C=O) groups excluding carboxylic acids is 1. The van der Waals surface area contributed by atoms with Crippen molar-refractivity contribution in [3.8, 4) is 11.4 Å². The van der Waals surface area contributed by atoms with Gasteiger partial charge in [-0.15, -0.1) is 0 Å². The number of anilines is 1. The maximum atomic E-state index is 12.4. The highest BCUT2D eigenvalue weighted by molar-refractivity contribution is 6.30. The van der Waals surface area contributed by atoms with Gasteiger partial charge in [0.1, 0.15) is 11.4 Å². The number of hydrogen-bond donors (Lipinski definition) is 3. The number of carboxylic acid groups (broad SMARTS) is 1. The summed E-state index contributed by atoms with van der Waals surface area (Å²) < 4.78 is 0. The lowest BCUT2D eigenvalue weighted by Gasteiger charge is -2.09. The van der Waals surface area contributed by atoms with E-state index in [4.69, 9.17) is 16.7 Å². The van der Waals surface area contributed by atoms with E-state index in [9.17, 15) is 14.4 Å². The molecule has 0 saturated heterocycles. The van der Waals surface area contributed by atoms with Crippen molar-refractivity contribution in [3.63, 3.8) is 0 Å². The second-order valence-corrected chi connectivity index (χ2v) is 6.21. The molecule has 0 bridgehead atoms. The summed E-state index contributed by atoms with van der Waals surface area (Å²) in [5, 5.41) is 12.2. The van der Waals surface area contributed by atoms with Crippen LogP contribution in [-0.4, -0.2) is 27.0 Å². The Morgan fingerprint density at radius 1 is 1.15 bits per heavy atom. The fourth-order valence-electron chi connectivity index (χ4n) is 2.39. The molecule has 8 heteroatoms. The third-order valence-corrected chi connectivity index (χ3v) is 4.15. The number of carbonyl (C=O) groups is 2. The van der Waals surface area contributed by atoms with Crippen molar-refractivity contribution >= 4 is 29.2 Å². The molecule has 2 aromatic carbocycles. The van der Waals surface area contributed by atoms with Gasteiger partial charge in [0.15, 0.2) is 0 Å². The summed E-state index contributed by atoms with van der Waals surface area (Å²) >= 11 is 5.84. The molecule has 136 valence electrons. The first-order chi connectivity index (χ1) is 12.8. The third kappa shape index (κ3) is 4.04. The number of rotatable bonds is 4. The lowest BCUT2D eigenvalue weighted by molar-refractivity contribution is 0.0696. The number of aromatic amines is 1. The van der Waals surface area contributed by atoms with Crippen molar-refractivity contribution < 1.29 is 14.7 Å². The number of aromatic carboxylic acids is 1. The molecule has 0 unspecified atom stereocenters. The molecule has 1 heterocycles. The van der Waals surface area contributed by atoms with Crippen LogP contribution in [0, 0.1) is 6.92 Å². The Kier molecular flexibility index (Phi) is 5.05. The number of hydrogen-bond acceptors (Lipinski definition) is 4. The minimum absolute atomic E-state index is 0.0287. The zero-order valence-electron chi connectivity index (χ0n) is 14.1. The standard InChI is InChI=1S/C19H14ClN3O4/c1-10-2-3-12(19(26)27)8-15(10)22-17(24)14-9-21-16(23-18(14)25)11-4-6-13(20)7-5-11/h2-9H,1H3,(H,22,24)(H,26,27)(H,21,23,25). The van der Waals surface area contributed by atoms with Crippen molar-refractivity contribution in [2.45, 2.75) is 6.92 Å². The van der Waals surface area contributed by atoms with Crippen LogP contribution in [0.4, 0.5) is 5.69 Å². The van der Waals surface area contributed by atoms with E-state index in [1.807, 2.05) is 0 Å². The molecular weight excluding hydrogens is 370 g/mol. The highest BCUT2D eigenvalue weighted by Gasteiger charge is 2.15. The average Bonchev–Trinajstić information content (AvgIpc) is 2.63. The molecule has 0 radical (unpaired) electrons. The molecule has 7 nitrogen and oxygen atoms in total. The van der Waals surface area contributed by atoms with E-state index in [0.717, 1.165) is 0 Å². The first-order valence-electron chi connectivity index (χ1n) is 7.85. The summed E-state index contributed by atoms with van der Waals surface area (Å²) in [6.45, 7) is 1.72. The van der Waals surface area contributed by atoms with Crippen LogP contribution in [0.1, 0.15) is 26.3 Å². The second-order valence-electron chi connectivity index (χ2n) is 5.77. The lowest BCUT2D eigenvalue weighted by atomic mass is 10.1. The molecule has 1 amide bonds. The summed E-state index contributed by atoms with van der Waals surface area (Å²) in [6.07, 6.45) is 1.18. The van der Waals surface area contributed by atoms with E-state index < -0.39 is 17.4 Å². The Bertz CT molecular complexity index is 1090. The lowest BCUT2D eigenvalue weighted by Crippen LogP contribution is -2.24. The largest absolute Gasteiger partial charge is 0.478 e. The van der Waals surface area contributed by atoms with Crippen LogP contribution in [0.3, 0.4) is 0 Å². The highest BCUT2D eigenvalue weighted by atomic mass is 35.5. The van der Waals surface area contributed by atoms with Gasteiger partial charge in [-0.3, -0.25) is 9.59 Å². The fraction of sp³-hybridized carbons (Fsp3) is 0.0526. The molecule has 1 aromatic heterocycles. The minimum atomic E-state index is -1.11. The zero-order chi connectivity index (χ0) is 19.6. The van der Waals surface area contributed by atoms with Gasteiger partial charge in [0.05, 0.1) is 5.56 Å². The first-order valence-corrected chi connectivity index (χ1v) is 8.23. The predicted molar refractivity (Wildman–Crippen MR) is 101 cm³/mol. The number of nitrogens with one attached hydrogen (secondary N) is 2. The van der Waals surface area contributed by atoms with Gasteiger partial charge in [-0.05, 0) is 48.9 Å². The second kappa shape index (κ2) is 7.43. The Labute approximate surface area is 158 Å². The Balaban J connectivity index is 1.88. The van der Waals surface area contributed by atoms with Crippen LogP contribution in [0.25, 0.3) is 11.4 Å². The molecule has 3 N–H and O–H groups in total. The SMILES string of the molecule is Cc1ccc(C(=O)O)cc1NC(=O)c1cnc(-c2ccc(Cl)cc2)[nH]c1=O. The third-order valence-electron chi connectivity index (χ3n) is 3.89.